The molecule has 5 nitrogen and oxygen atoms in total. The summed E-state index contributed by atoms with van der Waals surface area (Å²) in [4.78, 5) is 7.20. The van der Waals surface area contributed by atoms with Crippen LogP contribution in [-0.2, 0) is 0 Å². The maximum atomic E-state index is 7.54. The molecule has 0 aliphatic heterocycles. The van der Waals surface area contributed by atoms with Crippen LogP contribution in [0.3, 0.4) is 0 Å². The van der Waals surface area contributed by atoms with Gasteiger partial charge < -0.3 is 9.64 Å². The van der Waals surface area contributed by atoms with Crippen molar-refractivity contribution in [3.63, 3.8) is 0 Å². The summed E-state index contributed by atoms with van der Waals surface area (Å²) in [5.74, 6) is 0.492. The first kappa shape index (κ1) is 22.9. The summed E-state index contributed by atoms with van der Waals surface area (Å²) >= 11 is 8.27. The zero-order chi connectivity index (χ0) is 20.4. The third-order valence-electron chi connectivity index (χ3n) is 4.75. The van der Waals surface area contributed by atoms with Crippen LogP contribution < -0.4 is 9.64 Å². The van der Waals surface area contributed by atoms with Crippen LogP contribution in [0.25, 0.3) is 10.2 Å². The van der Waals surface area contributed by atoms with Crippen molar-refractivity contribution in [1.29, 1.82) is 5.53 Å². The standard InChI is InChI=1S/C21H33ClN4OS/c1-4-7-10-11-14-27-20-16(25-23)15-17-19(18(20)22)24-21(28-17)26(12-8-5-2)13-9-6-3/h15,23H,4-14H2,1-3H3. The van der Waals surface area contributed by atoms with E-state index in [2.05, 4.69) is 30.8 Å². The summed E-state index contributed by atoms with van der Waals surface area (Å²) in [5.41, 5.74) is 8.78. The molecule has 1 aromatic carbocycles. The molecule has 0 atom stereocenters. The second-order valence-electron chi connectivity index (χ2n) is 7.10. The third kappa shape index (κ3) is 6.05. The first-order chi connectivity index (χ1) is 13.7. The molecular weight excluding hydrogens is 392 g/mol. The van der Waals surface area contributed by atoms with E-state index in [9.17, 15) is 0 Å². The Hall–Kier alpha value is -1.40. The summed E-state index contributed by atoms with van der Waals surface area (Å²) in [7, 11) is 0. The van der Waals surface area contributed by atoms with Gasteiger partial charge in [-0.25, -0.2) is 10.5 Å². The number of hydrogen-bond acceptors (Lipinski definition) is 6. The lowest BCUT2D eigenvalue weighted by molar-refractivity contribution is 0.306. The van der Waals surface area contributed by atoms with Crippen LogP contribution in [-0.4, -0.2) is 24.7 Å². The van der Waals surface area contributed by atoms with Gasteiger partial charge in [-0.15, -0.1) is 0 Å². The van der Waals surface area contributed by atoms with Crippen molar-refractivity contribution in [1.82, 2.24) is 4.98 Å². The molecule has 7 heteroatoms. The molecule has 2 aromatic rings. The van der Waals surface area contributed by atoms with Gasteiger partial charge >= 0.3 is 0 Å². The highest BCUT2D eigenvalue weighted by Gasteiger charge is 2.19. The molecule has 1 N–H and O–H groups in total. The number of hydrogen-bond donors (Lipinski definition) is 1. The van der Waals surface area contributed by atoms with Crippen molar-refractivity contribution < 1.29 is 4.74 Å². The van der Waals surface area contributed by atoms with Crippen LogP contribution in [0.5, 0.6) is 5.75 Å². The Morgan fingerprint density at radius 3 is 2.36 bits per heavy atom. The normalized spacial score (nSPS) is 11.1. The van der Waals surface area contributed by atoms with Crippen LogP contribution >= 0.6 is 22.9 Å². The molecule has 28 heavy (non-hydrogen) atoms. The van der Waals surface area contributed by atoms with Gasteiger partial charge in [-0.05, 0) is 25.3 Å². The van der Waals surface area contributed by atoms with E-state index in [0.29, 0.717) is 23.1 Å². The number of fused-ring (bicyclic) bond motifs is 1. The van der Waals surface area contributed by atoms with Crippen LogP contribution in [0.15, 0.2) is 11.2 Å². The van der Waals surface area contributed by atoms with Crippen molar-refractivity contribution in [3.8, 4) is 5.75 Å². The number of benzene rings is 1. The number of nitrogens with zero attached hydrogens (tertiary/aromatic N) is 3. The van der Waals surface area contributed by atoms with E-state index in [-0.39, 0.29) is 0 Å². The van der Waals surface area contributed by atoms with Gasteiger partial charge in [0.25, 0.3) is 0 Å². The van der Waals surface area contributed by atoms with Crippen LogP contribution in [0.2, 0.25) is 5.02 Å². The first-order valence-electron chi connectivity index (χ1n) is 10.5. The smallest absolute Gasteiger partial charge is 0.186 e. The van der Waals surface area contributed by atoms with Crippen molar-refractivity contribution in [3.05, 3.63) is 11.1 Å². The Morgan fingerprint density at radius 2 is 1.75 bits per heavy atom. The lowest BCUT2D eigenvalue weighted by Crippen LogP contribution is -2.25. The van der Waals surface area contributed by atoms with Crippen molar-refractivity contribution in [2.45, 2.75) is 72.1 Å². The van der Waals surface area contributed by atoms with Gasteiger partial charge in [-0.3, -0.25) is 0 Å². The molecule has 0 aliphatic rings. The molecule has 1 heterocycles. The summed E-state index contributed by atoms with van der Waals surface area (Å²) in [6.07, 6.45) is 9.11. The maximum Gasteiger partial charge on any atom is 0.186 e. The van der Waals surface area contributed by atoms with E-state index < -0.39 is 0 Å². The molecule has 0 bridgehead atoms. The predicted octanol–water partition coefficient (Wildman–Crippen LogP) is 7.98. The molecule has 1 aromatic heterocycles. The van der Waals surface area contributed by atoms with E-state index in [4.69, 9.17) is 26.9 Å². The molecule has 0 spiro atoms. The Balaban J connectivity index is 2.27. The molecule has 0 saturated heterocycles. The van der Waals surface area contributed by atoms with Gasteiger partial charge in [0.15, 0.2) is 10.9 Å². The molecule has 2 rings (SSSR count). The van der Waals surface area contributed by atoms with Crippen LogP contribution in [0.4, 0.5) is 10.8 Å². The summed E-state index contributed by atoms with van der Waals surface area (Å²) < 4.78 is 6.88. The van der Waals surface area contributed by atoms with Crippen LogP contribution in [0.1, 0.15) is 72.1 Å². The monoisotopic (exact) mass is 424 g/mol. The average molecular weight is 425 g/mol. The van der Waals surface area contributed by atoms with E-state index >= 15 is 0 Å². The number of nitrogens with one attached hydrogen (secondary N) is 1. The Labute approximate surface area is 177 Å². The second kappa shape index (κ2) is 12.2. The number of anilines is 1. The summed E-state index contributed by atoms with van der Waals surface area (Å²) in [5, 5.41) is 5.13. The fourth-order valence-electron chi connectivity index (χ4n) is 3.04. The van der Waals surface area contributed by atoms with E-state index in [1.54, 1.807) is 11.3 Å². The van der Waals surface area contributed by atoms with Gasteiger partial charge in [0.1, 0.15) is 16.2 Å². The minimum absolute atomic E-state index is 0.479. The van der Waals surface area contributed by atoms with Crippen molar-refractivity contribution >= 4 is 44.0 Å². The van der Waals surface area contributed by atoms with Gasteiger partial charge in [0, 0.05) is 13.1 Å². The fourth-order valence-corrected chi connectivity index (χ4v) is 4.46. The first-order valence-corrected chi connectivity index (χ1v) is 11.7. The minimum Gasteiger partial charge on any atom is -0.490 e. The quantitative estimate of drug-likeness (QED) is 0.247. The molecule has 0 saturated carbocycles. The molecule has 0 unspecified atom stereocenters. The SMILES string of the molecule is CCCCCCOc1c(N=N)cc2sc(N(CCCC)CCCC)nc2c1Cl. The van der Waals surface area contributed by atoms with Gasteiger partial charge in [-0.2, -0.15) is 5.11 Å². The number of thiazole rings is 1. The highest BCUT2D eigenvalue weighted by molar-refractivity contribution is 7.22. The fraction of sp³-hybridized carbons (Fsp3) is 0.667. The van der Waals surface area contributed by atoms with E-state index in [1.807, 2.05) is 6.07 Å². The van der Waals surface area contributed by atoms with Gasteiger partial charge in [0.2, 0.25) is 0 Å². The third-order valence-corrected chi connectivity index (χ3v) is 6.16. The highest BCUT2D eigenvalue weighted by Crippen LogP contribution is 2.44. The number of ether oxygens (including phenoxy) is 1. The Bertz CT molecular complexity index is 742. The topological polar surface area (TPSA) is 61.6 Å². The number of halogens is 1. The second-order valence-corrected chi connectivity index (χ2v) is 8.48. The summed E-state index contributed by atoms with van der Waals surface area (Å²) in [6.45, 7) is 9.20. The Kier molecular flexibility index (Phi) is 9.99. The molecule has 0 fully saturated rings. The molecule has 0 radical (unpaired) electrons. The average Bonchev–Trinajstić information content (AvgIpc) is 3.13. The minimum atomic E-state index is 0.479. The number of aromatic nitrogens is 1. The zero-order valence-corrected chi connectivity index (χ0v) is 19.0. The molecule has 0 aliphatic carbocycles. The predicted molar refractivity (Wildman–Crippen MR) is 121 cm³/mol. The van der Waals surface area contributed by atoms with Gasteiger partial charge in [0.05, 0.1) is 11.3 Å². The lowest BCUT2D eigenvalue weighted by Gasteiger charge is -2.21. The summed E-state index contributed by atoms with van der Waals surface area (Å²) in [6, 6.07) is 1.88. The highest BCUT2D eigenvalue weighted by atomic mass is 35.5. The molecule has 0 amide bonds. The lowest BCUT2D eigenvalue weighted by atomic mass is 10.2. The number of rotatable bonds is 14. The van der Waals surface area contributed by atoms with Gasteiger partial charge in [-0.1, -0.05) is 75.8 Å². The number of unbranched alkanes of at least 4 members (excludes halogenated alkanes) is 5. The van der Waals surface area contributed by atoms with Crippen molar-refractivity contribution in [2.24, 2.45) is 5.11 Å². The van der Waals surface area contributed by atoms with Crippen molar-refractivity contribution in [2.75, 3.05) is 24.6 Å². The molecular formula is C21H33ClN4OS. The zero-order valence-electron chi connectivity index (χ0n) is 17.4. The van der Waals surface area contributed by atoms with E-state index in [1.165, 1.54) is 12.8 Å². The maximum absolute atomic E-state index is 7.54. The van der Waals surface area contributed by atoms with Crippen LogP contribution in [0, 0.1) is 5.53 Å². The molecule has 156 valence electrons. The van der Waals surface area contributed by atoms with E-state index in [0.717, 1.165) is 67.0 Å². The largest absolute Gasteiger partial charge is 0.490 e. The Morgan fingerprint density at radius 1 is 1.07 bits per heavy atom.